The zero-order valence-electron chi connectivity index (χ0n) is 9.99. The maximum absolute atomic E-state index is 4.82. The summed E-state index contributed by atoms with van der Waals surface area (Å²) in [5.41, 5.74) is 0. The van der Waals surface area contributed by atoms with Crippen molar-refractivity contribution in [1.29, 1.82) is 0 Å². The number of amidine groups is 1. The lowest BCUT2D eigenvalue weighted by molar-refractivity contribution is 0.596. The molecule has 4 atom stereocenters. The zero-order valence-corrected chi connectivity index (χ0v) is 10.8. The van der Waals surface area contributed by atoms with Crippen LogP contribution in [0.5, 0.6) is 0 Å². The van der Waals surface area contributed by atoms with Gasteiger partial charge in [0.05, 0.1) is 6.04 Å². The molecule has 1 N–H and O–H groups in total. The first-order valence-corrected chi connectivity index (χ1v) is 7.08. The van der Waals surface area contributed by atoms with Crippen molar-refractivity contribution < 1.29 is 0 Å². The van der Waals surface area contributed by atoms with Gasteiger partial charge in [-0.05, 0) is 32.1 Å². The lowest BCUT2D eigenvalue weighted by Gasteiger charge is -2.26. The highest BCUT2D eigenvalue weighted by Crippen LogP contribution is 2.38. The molecule has 0 spiro atoms. The summed E-state index contributed by atoms with van der Waals surface area (Å²) in [5.74, 6) is 0.887. The first kappa shape index (κ1) is 11.3. The second-order valence-corrected chi connectivity index (χ2v) is 6.42. The number of nitrogens with zero attached hydrogens (tertiary/aromatic N) is 1. The van der Waals surface area contributed by atoms with Gasteiger partial charge in [-0.15, -0.1) is 0 Å². The minimum atomic E-state index is 0.600. The van der Waals surface area contributed by atoms with Crippen LogP contribution in [0.4, 0.5) is 0 Å². The van der Waals surface area contributed by atoms with Gasteiger partial charge in [0.15, 0.2) is 5.17 Å². The van der Waals surface area contributed by atoms with E-state index in [1.807, 2.05) is 11.8 Å². The molecule has 2 rings (SSSR count). The molecule has 3 heteroatoms. The van der Waals surface area contributed by atoms with Gasteiger partial charge in [0.25, 0.3) is 0 Å². The third-order valence-corrected chi connectivity index (χ3v) is 4.24. The Morgan fingerprint density at radius 1 is 1.40 bits per heavy atom. The summed E-state index contributed by atoms with van der Waals surface area (Å²) >= 11 is 1.92. The minimum Gasteiger partial charge on any atom is -0.362 e. The van der Waals surface area contributed by atoms with Gasteiger partial charge in [0, 0.05) is 11.3 Å². The van der Waals surface area contributed by atoms with Gasteiger partial charge in [-0.1, -0.05) is 32.0 Å². The average Bonchev–Trinajstić information content (AvgIpc) is 2.82. The monoisotopic (exact) mass is 226 g/mol. The van der Waals surface area contributed by atoms with Crippen LogP contribution < -0.4 is 5.32 Å². The molecule has 4 unspecified atom stereocenters. The van der Waals surface area contributed by atoms with E-state index in [1.54, 1.807) is 0 Å². The van der Waals surface area contributed by atoms with Crippen molar-refractivity contribution in [2.75, 3.05) is 0 Å². The van der Waals surface area contributed by atoms with Gasteiger partial charge in [-0.25, -0.2) is 0 Å². The van der Waals surface area contributed by atoms with E-state index in [0.29, 0.717) is 12.1 Å². The Kier molecular flexibility index (Phi) is 3.60. The SMILES string of the molecule is CCCC1CC1N=C1NC(C)CC(C)S1. The average molecular weight is 226 g/mol. The zero-order chi connectivity index (χ0) is 10.8. The van der Waals surface area contributed by atoms with Gasteiger partial charge >= 0.3 is 0 Å². The van der Waals surface area contributed by atoms with Crippen LogP contribution in [0, 0.1) is 5.92 Å². The van der Waals surface area contributed by atoms with Crippen LogP contribution >= 0.6 is 11.8 Å². The number of nitrogens with one attached hydrogen (secondary N) is 1. The third kappa shape index (κ3) is 3.13. The smallest absolute Gasteiger partial charge is 0.157 e. The lowest BCUT2D eigenvalue weighted by Crippen LogP contribution is -2.38. The molecule has 1 heterocycles. The number of thioether (sulfide) groups is 1. The van der Waals surface area contributed by atoms with Crippen molar-refractivity contribution in [1.82, 2.24) is 5.32 Å². The molecule has 0 amide bonds. The van der Waals surface area contributed by atoms with E-state index < -0.39 is 0 Å². The van der Waals surface area contributed by atoms with Crippen molar-refractivity contribution in [3.8, 4) is 0 Å². The van der Waals surface area contributed by atoms with Crippen LogP contribution in [0.25, 0.3) is 0 Å². The summed E-state index contributed by atoms with van der Waals surface area (Å²) in [6.45, 7) is 6.82. The Morgan fingerprint density at radius 3 is 2.87 bits per heavy atom. The Labute approximate surface area is 97.3 Å². The van der Waals surface area contributed by atoms with Gasteiger partial charge in [-0.2, -0.15) is 0 Å². The molecule has 0 aromatic heterocycles. The van der Waals surface area contributed by atoms with Crippen molar-refractivity contribution in [3.05, 3.63) is 0 Å². The number of hydrogen-bond acceptors (Lipinski definition) is 2. The second-order valence-electron chi connectivity index (χ2n) is 5.00. The highest BCUT2D eigenvalue weighted by molar-refractivity contribution is 8.14. The number of hydrogen-bond donors (Lipinski definition) is 1. The maximum atomic E-state index is 4.82. The summed E-state index contributed by atoms with van der Waals surface area (Å²) in [6, 6.07) is 1.24. The lowest BCUT2D eigenvalue weighted by atomic mass is 10.2. The summed E-state index contributed by atoms with van der Waals surface area (Å²) < 4.78 is 0. The quantitative estimate of drug-likeness (QED) is 0.800. The Balaban J connectivity index is 1.85. The second kappa shape index (κ2) is 4.77. The predicted octanol–water partition coefficient (Wildman–Crippen LogP) is 3.03. The van der Waals surface area contributed by atoms with E-state index in [-0.39, 0.29) is 0 Å². The molecule has 1 aliphatic heterocycles. The Hall–Kier alpha value is -0.180. The molecule has 1 saturated carbocycles. The maximum Gasteiger partial charge on any atom is 0.157 e. The van der Waals surface area contributed by atoms with Crippen molar-refractivity contribution in [2.24, 2.45) is 10.9 Å². The van der Waals surface area contributed by atoms with Gasteiger partial charge in [0.2, 0.25) is 0 Å². The third-order valence-electron chi connectivity index (χ3n) is 3.20. The fourth-order valence-corrected chi connectivity index (χ4v) is 3.56. The van der Waals surface area contributed by atoms with Crippen molar-refractivity contribution in [2.45, 2.75) is 63.8 Å². The fourth-order valence-electron chi connectivity index (χ4n) is 2.33. The highest BCUT2D eigenvalue weighted by atomic mass is 32.2. The molecule has 86 valence electrons. The van der Waals surface area contributed by atoms with Crippen LogP contribution in [0.2, 0.25) is 0 Å². The van der Waals surface area contributed by atoms with E-state index in [1.165, 1.54) is 30.9 Å². The van der Waals surface area contributed by atoms with Crippen molar-refractivity contribution in [3.63, 3.8) is 0 Å². The molecule has 1 saturated heterocycles. The van der Waals surface area contributed by atoms with Crippen molar-refractivity contribution >= 4 is 16.9 Å². The molecular weight excluding hydrogens is 204 g/mol. The summed E-state index contributed by atoms with van der Waals surface area (Å²) in [7, 11) is 0. The Bertz CT molecular complexity index is 240. The highest BCUT2D eigenvalue weighted by Gasteiger charge is 2.36. The van der Waals surface area contributed by atoms with E-state index in [0.717, 1.165) is 11.2 Å². The summed E-state index contributed by atoms with van der Waals surface area (Å²) in [4.78, 5) is 4.82. The molecular formula is C12H22N2S. The molecule has 15 heavy (non-hydrogen) atoms. The van der Waals surface area contributed by atoms with Crippen LogP contribution in [0.1, 0.15) is 46.5 Å². The normalized spacial score (nSPS) is 42.7. The Morgan fingerprint density at radius 2 is 2.20 bits per heavy atom. The van der Waals surface area contributed by atoms with Crippen LogP contribution in [0.3, 0.4) is 0 Å². The summed E-state index contributed by atoms with van der Waals surface area (Å²) in [6.07, 6.45) is 5.24. The topological polar surface area (TPSA) is 24.4 Å². The number of rotatable bonds is 3. The molecule has 2 aliphatic rings. The predicted molar refractivity (Wildman–Crippen MR) is 68.5 cm³/mol. The molecule has 2 fully saturated rings. The standard InChI is InChI=1S/C12H22N2S/c1-4-5-10-7-11(10)14-12-13-8(2)6-9(3)15-12/h8-11H,4-7H2,1-3H3,(H,13,14). The van der Waals surface area contributed by atoms with Gasteiger partial charge in [-0.3, -0.25) is 4.99 Å². The van der Waals surface area contributed by atoms with E-state index in [9.17, 15) is 0 Å². The molecule has 0 aromatic carbocycles. The van der Waals surface area contributed by atoms with E-state index >= 15 is 0 Å². The molecule has 0 bridgehead atoms. The van der Waals surface area contributed by atoms with Gasteiger partial charge in [0.1, 0.15) is 0 Å². The van der Waals surface area contributed by atoms with Crippen LogP contribution in [0.15, 0.2) is 4.99 Å². The molecule has 1 aliphatic carbocycles. The molecule has 0 aromatic rings. The first-order valence-electron chi connectivity index (χ1n) is 6.20. The van der Waals surface area contributed by atoms with E-state index in [4.69, 9.17) is 4.99 Å². The molecule has 0 radical (unpaired) electrons. The van der Waals surface area contributed by atoms with Crippen LogP contribution in [-0.2, 0) is 0 Å². The minimum absolute atomic E-state index is 0.600. The molecule has 2 nitrogen and oxygen atoms in total. The van der Waals surface area contributed by atoms with Gasteiger partial charge < -0.3 is 5.32 Å². The number of aliphatic imine (C=N–C) groups is 1. The first-order chi connectivity index (χ1) is 7.19. The fraction of sp³-hybridized carbons (Fsp3) is 0.917. The largest absolute Gasteiger partial charge is 0.362 e. The van der Waals surface area contributed by atoms with Crippen LogP contribution in [-0.4, -0.2) is 22.5 Å². The van der Waals surface area contributed by atoms with E-state index in [2.05, 4.69) is 26.1 Å². The summed E-state index contributed by atoms with van der Waals surface area (Å²) in [5, 5.41) is 5.42.